The molecule has 0 N–H and O–H groups in total. The van der Waals surface area contributed by atoms with E-state index in [0.29, 0.717) is 5.69 Å². The van der Waals surface area contributed by atoms with E-state index in [1.807, 2.05) is 17.7 Å². The molecule has 0 aliphatic rings. The van der Waals surface area contributed by atoms with Gasteiger partial charge < -0.3 is 0 Å². The topological polar surface area (TPSA) is 41.1 Å². The van der Waals surface area contributed by atoms with Crippen molar-refractivity contribution in [2.75, 3.05) is 0 Å². The van der Waals surface area contributed by atoms with E-state index in [1.165, 1.54) is 51.8 Å². The van der Waals surface area contributed by atoms with Gasteiger partial charge in [0.15, 0.2) is 0 Å². The van der Waals surface area contributed by atoms with Crippen LogP contribution in [-0.4, -0.2) is 27.8 Å². The van der Waals surface area contributed by atoms with Gasteiger partial charge in [-0.25, -0.2) is 0 Å². The number of hydrogen-bond acceptors (Lipinski definition) is 3. The fraction of sp³-hybridized carbons (Fsp3) is 0.667. The Morgan fingerprint density at radius 2 is 1.65 bits per heavy atom. The first kappa shape index (κ1) is 18.8. The van der Waals surface area contributed by atoms with Gasteiger partial charge in [-0.3, -0.25) is 0 Å². The van der Waals surface area contributed by atoms with Crippen LogP contribution in [0.3, 0.4) is 0 Å². The van der Waals surface area contributed by atoms with Crippen LogP contribution in [0.25, 0.3) is 4.83 Å². The van der Waals surface area contributed by atoms with Gasteiger partial charge in [-0.05, 0) is 0 Å². The van der Waals surface area contributed by atoms with Gasteiger partial charge in [-0.1, -0.05) is 0 Å². The van der Waals surface area contributed by atoms with Crippen LogP contribution in [0.2, 0.25) is 13.3 Å². The second-order valence-corrected chi connectivity index (χ2v) is 21.8. The number of nitriles is 1. The Balaban J connectivity index is 2.41. The molecule has 0 spiro atoms. The molecule has 0 unspecified atom stereocenters. The molecule has 2 aromatic rings. The molecule has 5 heteroatoms. The van der Waals surface area contributed by atoms with Crippen molar-refractivity contribution >= 4 is 37.4 Å². The average molecular weight is 438 g/mol. The molecule has 23 heavy (non-hydrogen) atoms. The number of thiazole rings is 1. The predicted molar refractivity (Wildman–Crippen MR) is 102 cm³/mol. The Bertz CT molecular complexity index is 631. The molecule has 0 aliphatic heterocycles. The number of rotatable bonds is 10. The molecule has 0 amide bonds. The van der Waals surface area contributed by atoms with Crippen molar-refractivity contribution in [2.45, 2.75) is 72.6 Å². The molecule has 0 radical (unpaired) electrons. The summed E-state index contributed by atoms with van der Waals surface area (Å²) < 4.78 is 8.20. The molecule has 2 heterocycles. The minimum atomic E-state index is -2.35. The van der Waals surface area contributed by atoms with Crippen LogP contribution in [0, 0.1) is 11.3 Å². The molecule has 126 valence electrons. The second kappa shape index (κ2) is 9.08. The molecule has 3 nitrogen and oxygen atoms in total. The zero-order valence-electron chi connectivity index (χ0n) is 14.8. The monoisotopic (exact) mass is 439 g/mol. The first-order chi connectivity index (χ1) is 11.2. The summed E-state index contributed by atoms with van der Waals surface area (Å²) in [6, 6.07) is 2.25. The standard InChI is InChI=1S/C6H2N3S.3C4H9.Sn/c7-3-5-6-9(4-8-5)1-2-10-6;3*1-3-4-2;/h1,4H;3*1,3-4H2,2H3;. The summed E-state index contributed by atoms with van der Waals surface area (Å²) in [5.74, 6) is 0. The van der Waals surface area contributed by atoms with Crippen LogP contribution in [-0.2, 0) is 0 Å². The van der Waals surface area contributed by atoms with Gasteiger partial charge in [0.2, 0.25) is 0 Å². The predicted octanol–water partition coefficient (Wildman–Crippen LogP) is 5.32. The summed E-state index contributed by atoms with van der Waals surface area (Å²) >= 11 is -0.466. The molecule has 0 aliphatic carbocycles. The van der Waals surface area contributed by atoms with E-state index in [4.69, 9.17) is 0 Å². The van der Waals surface area contributed by atoms with E-state index in [0.717, 1.165) is 4.83 Å². The van der Waals surface area contributed by atoms with Crippen molar-refractivity contribution in [3.8, 4) is 6.07 Å². The van der Waals surface area contributed by atoms with Crippen LogP contribution in [0.15, 0.2) is 12.5 Å². The van der Waals surface area contributed by atoms with Gasteiger partial charge in [0.25, 0.3) is 0 Å². The third-order valence-corrected chi connectivity index (χ3v) is 24.1. The summed E-state index contributed by atoms with van der Waals surface area (Å²) in [6.07, 6.45) is 12.2. The van der Waals surface area contributed by atoms with Crippen molar-refractivity contribution in [3.63, 3.8) is 0 Å². The van der Waals surface area contributed by atoms with E-state index >= 15 is 0 Å². The van der Waals surface area contributed by atoms with Crippen LogP contribution < -0.4 is 2.89 Å². The Morgan fingerprint density at radius 3 is 2.13 bits per heavy atom. The number of imidazole rings is 1. The van der Waals surface area contributed by atoms with Crippen LogP contribution in [0.4, 0.5) is 0 Å². The first-order valence-electron chi connectivity index (χ1n) is 9.07. The van der Waals surface area contributed by atoms with Crippen molar-refractivity contribution in [1.29, 1.82) is 5.26 Å². The Morgan fingerprint density at radius 1 is 1.09 bits per heavy atom. The zero-order chi connectivity index (χ0) is 16.7. The first-order valence-corrected chi connectivity index (χ1v) is 17.4. The molecule has 0 aromatic carbocycles. The Labute approximate surface area is 148 Å². The number of unbranched alkanes of at least 4 members (excludes halogenated alkanes) is 3. The van der Waals surface area contributed by atoms with E-state index < -0.39 is 18.4 Å². The Kier molecular flexibility index (Phi) is 7.42. The van der Waals surface area contributed by atoms with Crippen LogP contribution in [0.1, 0.15) is 65.0 Å². The number of nitrogens with zero attached hydrogens (tertiary/aromatic N) is 3. The fourth-order valence-corrected chi connectivity index (χ4v) is 23.4. The van der Waals surface area contributed by atoms with Gasteiger partial charge in [0.1, 0.15) is 0 Å². The summed E-state index contributed by atoms with van der Waals surface area (Å²) in [4.78, 5) is 5.28. The second-order valence-electron chi connectivity index (χ2n) is 6.60. The zero-order valence-corrected chi connectivity index (χ0v) is 18.4. The SMILES string of the molecule is CCC[CH2][Sn]([CH2]CCC)([CH2]CCC)[c]1cn2cnc(C#N)c2s1. The van der Waals surface area contributed by atoms with Gasteiger partial charge >= 0.3 is 149 Å². The maximum atomic E-state index is 9.26. The quantitative estimate of drug-likeness (QED) is 0.471. The normalized spacial score (nSPS) is 11.9. The van der Waals surface area contributed by atoms with Crippen molar-refractivity contribution in [2.24, 2.45) is 0 Å². The van der Waals surface area contributed by atoms with Gasteiger partial charge in [0, 0.05) is 0 Å². The summed E-state index contributed by atoms with van der Waals surface area (Å²) in [5, 5.41) is 9.26. The number of fused-ring (bicyclic) bond motifs is 1. The molecule has 0 saturated carbocycles. The third kappa shape index (κ3) is 4.30. The molecule has 2 rings (SSSR count). The Hall–Kier alpha value is -0.541. The summed E-state index contributed by atoms with van der Waals surface area (Å²) in [5.41, 5.74) is 0.600. The van der Waals surface area contributed by atoms with Crippen LogP contribution in [0.5, 0.6) is 0 Å². The minimum absolute atomic E-state index is 0.600. The molecule has 0 saturated heterocycles. The summed E-state index contributed by atoms with van der Waals surface area (Å²) in [6.45, 7) is 6.94. The van der Waals surface area contributed by atoms with Gasteiger partial charge in [-0.15, -0.1) is 0 Å². The molecular formula is C18H29N3SSn. The summed E-state index contributed by atoms with van der Waals surface area (Å²) in [7, 11) is 0. The van der Waals surface area contributed by atoms with Crippen LogP contribution >= 0.6 is 11.3 Å². The van der Waals surface area contributed by atoms with E-state index in [-0.39, 0.29) is 0 Å². The van der Waals surface area contributed by atoms with Gasteiger partial charge in [-0.2, -0.15) is 0 Å². The average Bonchev–Trinajstić information content (AvgIpc) is 3.15. The molecule has 2 aromatic heterocycles. The molecule has 0 bridgehead atoms. The maximum absolute atomic E-state index is 9.26. The van der Waals surface area contributed by atoms with E-state index in [1.54, 1.807) is 2.89 Å². The van der Waals surface area contributed by atoms with Crippen molar-refractivity contribution in [3.05, 3.63) is 18.2 Å². The van der Waals surface area contributed by atoms with Crippen molar-refractivity contribution < 1.29 is 0 Å². The van der Waals surface area contributed by atoms with E-state index in [9.17, 15) is 5.26 Å². The molecule has 0 atom stereocenters. The fourth-order valence-electron chi connectivity index (χ4n) is 3.41. The van der Waals surface area contributed by atoms with Gasteiger partial charge in [0.05, 0.1) is 0 Å². The number of aromatic nitrogens is 2. The third-order valence-electron chi connectivity index (χ3n) is 4.87. The molecule has 0 fully saturated rings. The van der Waals surface area contributed by atoms with Crippen molar-refractivity contribution in [1.82, 2.24) is 9.38 Å². The van der Waals surface area contributed by atoms with E-state index in [2.05, 4.69) is 42.4 Å². The molecular weight excluding hydrogens is 409 g/mol. The number of hydrogen-bond donors (Lipinski definition) is 0.